The molecule has 1 amide bonds. The summed E-state index contributed by atoms with van der Waals surface area (Å²) < 4.78 is 4.64. The molecule has 0 aliphatic carbocycles. The lowest BCUT2D eigenvalue weighted by Crippen LogP contribution is -2.11. The molecule has 0 heterocycles. The number of primary amides is 1. The van der Waals surface area contributed by atoms with E-state index < -0.39 is 5.97 Å². The van der Waals surface area contributed by atoms with E-state index in [1.165, 1.54) is 7.11 Å². The molecule has 19 heavy (non-hydrogen) atoms. The maximum Gasteiger partial charge on any atom is 0.340 e. The lowest BCUT2D eigenvalue weighted by Gasteiger charge is -2.09. The Kier molecular flexibility index (Phi) is 5.66. The molecule has 1 rings (SSSR count). The Morgan fingerprint density at radius 2 is 2.05 bits per heavy atom. The molecule has 0 fully saturated rings. The van der Waals surface area contributed by atoms with Crippen LogP contribution in [0.3, 0.4) is 0 Å². The number of nitrogens with one attached hydrogen (secondary N) is 1. The van der Waals surface area contributed by atoms with Gasteiger partial charge in [0.25, 0.3) is 0 Å². The minimum atomic E-state index is -0.463. The van der Waals surface area contributed by atoms with Gasteiger partial charge in [0.2, 0.25) is 5.91 Å². The zero-order valence-electron chi connectivity index (χ0n) is 10.9. The standard InChI is InChI=1S/C13H19N3O3/c1-19-13(18)10-8-9(5-6-11(10)14)16-7-3-2-4-12(15)17/h5-6,8,16H,2-4,7,14H2,1H3,(H2,15,17). The number of nitrogens with two attached hydrogens (primary N) is 2. The van der Waals surface area contributed by atoms with E-state index in [9.17, 15) is 9.59 Å². The molecule has 5 N–H and O–H groups in total. The largest absolute Gasteiger partial charge is 0.465 e. The Hall–Kier alpha value is -2.24. The van der Waals surface area contributed by atoms with Crippen LogP contribution in [0.5, 0.6) is 0 Å². The Balaban J connectivity index is 2.50. The Morgan fingerprint density at radius 3 is 2.68 bits per heavy atom. The minimum Gasteiger partial charge on any atom is -0.465 e. The molecular formula is C13H19N3O3. The van der Waals surface area contributed by atoms with Crippen molar-refractivity contribution >= 4 is 23.3 Å². The fourth-order valence-corrected chi connectivity index (χ4v) is 1.61. The third-order valence-corrected chi connectivity index (χ3v) is 2.64. The highest BCUT2D eigenvalue weighted by Gasteiger charge is 2.10. The molecule has 0 aliphatic heterocycles. The summed E-state index contributed by atoms with van der Waals surface area (Å²) >= 11 is 0. The monoisotopic (exact) mass is 265 g/mol. The Bertz CT molecular complexity index is 460. The van der Waals surface area contributed by atoms with E-state index in [1.54, 1.807) is 18.2 Å². The van der Waals surface area contributed by atoms with Gasteiger partial charge in [-0.05, 0) is 31.0 Å². The highest BCUT2D eigenvalue weighted by Crippen LogP contribution is 2.18. The van der Waals surface area contributed by atoms with Gasteiger partial charge in [0.1, 0.15) is 0 Å². The van der Waals surface area contributed by atoms with Gasteiger partial charge in [0.15, 0.2) is 0 Å². The van der Waals surface area contributed by atoms with Crippen LogP contribution in [0.4, 0.5) is 11.4 Å². The maximum atomic E-state index is 11.5. The highest BCUT2D eigenvalue weighted by molar-refractivity contribution is 5.96. The van der Waals surface area contributed by atoms with Crippen LogP contribution in [0.2, 0.25) is 0 Å². The average molecular weight is 265 g/mol. The number of hydrogen-bond acceptors (Lipinski definition) is 5. The van der Waals surface area contributed by atoms with E-state index in [4.69, 9.17) is 11.5 Å². The van der Waals surface area contributed by atoms with Gasteiger partial charge in [-0.15, -0.1) is 0 Å². The van der Waals surface area contributed by atoms with Crippen LogP contribution >= 0.6 is 0 Å². The number of carbonyl (C=O) groups excluding carboxylic acids is 2. The van der Waals surface area contributed by atoms with Gasteiger partial charge < -0.3 is 21.5 Å². The predicted molar refractivity (Wildman–Crippen MR) is 73.7 cm³/mol. The van der Waals surface area contributed by atoms with Crippen molar-refractivity contribution in [2.24, 2.45) is 5.73 Å². The van der Waals surface area contributed by atoms with E-state index in [-0.39, 0.29) is 5.91 Å². The van der Waals surface area contributed by atoms with Crippen molar-refractivity contribution in [2.45, 2.75) is 19.3 Å². The summed E-state index contributed by atoms with van der Waals surface area (Å²) in [6.45, 7) is 0.692. The molecule has 0 spiro atoms. The molecule has 0 aromatic heterocycles. The van der Waals surface area contributed by atoms with Crippen LogP contribution in [0.1, 0.15) is 29.6 Å². The van der Waals surface area contributed by atoms with Crippen molar-refractivity contribution < 1.29 is 14.3 Å². The number of unbranched alkanes of at least 4 members (excludes halogenated alkanes) is 1. The van der Waals surface area contributed by atoms with Gasteiger partial charge in [-0.2, -0.15) is 0 Å². The maximum absolute atomic E-state index is 11.5. The highest BCUT2D eigenvalue weighted by atomic mass is 16.5. The number of nitrogen functional groups attached to an aromatic ring is 1. The van der Waals surface area contributed by atoms with E-state index in [2.05, 4.69) is 10.1 Å². The molecule has 0 saturated carbocycles. The van der Waals surface area contributed by atoms with Crippen LogP contribution in [-0.4, -0.2) is 25.5 Å². The predicted octanol–water partition coefficient (Wildman–Crippen LogP) is 1.12. The summed E-state index contributed by atoms with van der Waals surface area (Å²) in [6, 6.07) is 5.09. The molecule has 0 aliphatic rings. The first-order valence-corrected chi connectivity index (χ1v) is 6.04. The number of anilines is 2. The van der Waals surface area contributed by atoms with Gasteiger partial charge in [0, 0.05) is 24.3 Å². The average Bonchev–Trinajstić information content (AvgIpc) is 2.39. The molecule has 1 aromatic carbocycles. The van der Waals surface area contributed by atoms with Crippen LogP contribution < -0.4 is 16.8 Å². The molecule has 0 unspecified atom stereocenters. The van der Waals surface area contributed by atoms with Crippen LogP contribution in [0.25, 0.3) is 0 Å². The number of methoxy groups -OCH3 is 1. The lowest BCUT2D eigenvalue weighted by molar-refractivity contribution is -0.118. The number of benzene rings is 1. The topological polar surface area (TPSA) is 107 Å². The van der Waals surface area contributed by atoms with E-state index in [1.807, 2.05) is 0 Å². The first kappa shape index (κ1) is 14.8. The second-order valence-corrected chi connectivity index (χ2v) is 4.14. The molecule has 104 valence electrons. The van der Waals surface area contributed by atoms with Crippen LogP contribution in [-0.2, 0) is 9.53 Å². The molecular weight excluding hydrogens is 246 g/mol. The lowest BCUT2D eigenvalue weighted by atomic mass is 10.1. The first-order chi connectivity index (χ1) is 9.04. The molecule has 0 saturated heterocycles. The summed E-state index contributed by atoms with van der Waals surface area (Å²) in [7, 11) is 1.31. The van der Waals surface area contributed by atoms with E-state index >= 15 is 0 Å². The minimum absolute atomic E-state index is 0.291. The van der Waals surface area contributed by atoms with Gasteiger partial charge in [-0.1, -0.05) is 0 Å². The fraction of sp³-hybridized carbons (Fsp3) is 0.385. The van der Waals surface area contributed by atoms with Crippen molar-refractivity contribution in [2.75, 3.05) is 24.7 Å². The molecule has 6 heteroatoms. The number of amides is 1. The van der Waals surface area contributed by atoms with Crippen LogP contribution in [0, 0.1) is 0 Å². The van der Waals surface area contributed by atoms with Gasteiger partial charge >= 0.3 is 5.97 Å². The summed E-state index contributed by atoms with van der Waals surface area (Å²) in [4.78, 5) is 22.0. The third-order valence-electron chi connectivity index (χ3n) is 2.64. The first-order valence-electron chi connectivity index (χ1n) is 6.04. The van der Waals surface area contributed by atoms with Crippen molar-refractivity contribution in [1.29, 1.82) is 0 Å². The van der Waals surface area contributed by atoms with Gasteiger partial charge in [-0.25, -0.2) is 4.79 Å². The quantitative estimate of drug-likeness (QED) is 0.389. The third kappa shape index (κ3) is 4.87. The number of hydrogen-bond donors (Lipinski definition) is 3. The molecule has 0 bridgehead atoms. The molecule has 6 nitrogen and oxygen atoms in total. The number of rotatable bonds is 7. The Labute approximate surface area is 112 Å². The number of carbonyl (C=O) groups is 2. The summed E-state index contributed by atoms with van der Waals surface area (Å²) in [5.74, 6) is -0.754. The molecule has 0 radical (unpaired) electrons. The zero-order chi connectivity index (χ0) is 14.3. The molecule has 0 atom stereocenters. The summed E-state index contributed by atoms with van der Waals surface area (Å²) in [5.41, 5.74) is 12.2. The second-order valence-electron chi connectivity index (χ2n) is 4.14. The van der Waals surface area contributed by atoms with Crippen LogP contribution in [0.15, 0.2) is 18.2 Å². The van der Waals surface area contributed by atoms with Crippen molar-refractivity contribution in [3.05, 3.63) is 23.8 Å². The van der Waals surface area contributed by atoms with Gasteiger partial charge in [-0.3, -0.25) is 4.79 Å². The SMILES string of the molecule is COC(=O)c1cc(NCCCCC(N)=O)ccc1N. The Morgan fingerprint density at radius 1 is 1.32 bits per heavy atom. The van der Waals surface area contributed by atoms with Crippen molar-refractivity contribution in [3.8, 4) is 0 Å². The summed E-state index contributed by atoms with van der Waals surface area (Å²) in [6.07, 6.45) is 1.94. The van der Waals surface area contributed by atoms with Crippen molar-refractivity contribution in [3.63, 3.8) is 0 Å². The number of esters is 1. The number of ether oxygens (including phenoxy) is 1. The van der Waals surface area contributed by atoms with Gasteiger partial charge in [0.05, 0.1) is 12.7 Å². The summed E-state index contributed by atoms with van der Waals surface area (Å²) in [5, 5.41) is 3.15. The fourth-order valence-electron chi connectivity index (χ4n) is 1.61. The van der Waals surface area contributed by atoms with E-state index in [0.717, 1.165) is 18.5 Å². The zero-order valence-corrected chi connectivity index (χ0v) is 10.9. The smallest absolute Gasteiger partial charge is 0.340 e. The van der Waals surface area contributed by atoms with Crippen molar-refractivity contribution in [1.82, 2.24) is 0 Å². The van der Waals surface area contributed by atoms with E-state index in [0.29, 0.717) is 24.2 Å². The second kappa shape index (κ2) is 7.25. The normalized spacial score (nSPS) is 9.95. The molecule has 1 aromatic rings.